The third-order valence-electron chi connectivity index (χ3n) is 4.45. The number of hydrogen-bond acceptors (Lipinski definition) is 5. The van der Waals surface area contributed by atoms with Crippen LogP contribution in [0, 0.1) is 0 Å². The van der Waals surface area contributed by atoms with Crippen molar-refractivity contribution in [3.63, 3.8) is 0 Å². The summed E-state index contributed by atoms with van der Waals surface area (Å²) < 4.78 is 76.6. The minimum absolute atomic E-state index is 0.0336. The van der Waals surface area contributed by atoms with Crippen molar-refractivity contribution in [2.24, 2.45) is 0 Å². The fraction of sp³-hybridized carbons (Fsp3) is 0.316. The summed E-state index contributed by atoms with van der Waals surface area (Å²) in [5, 5.41) is 0. The number of halogens is 3. The molecule has 0 atom stereocenters. The number of nitrogens with zero attached hydrogens (tertiary/aromatic N) is 1. The SMILES string of the molecule is COc1ccc(S(=O)(=O)Nc2cccc(C(F)(F)F)c2)cc1C(=O)N1CCOCC1. The van der Waals surface area contributed by atoms with E-state index in [4.69, 9.17) is 9.47 Å². The van der Waals surface area contributed by atoms with Gasteiger partial charge in [-0.05, 0) is 36.4 Å². The van der Waals surface area contributed by atoms with Crippen LogP contribution in [0.25, 0.3) is 0 Å². The molecule has 7 nitrogen and oxygen atoms in total. The zero-order chi connectivity index (χ0) is 21.9. The van der Waals surface area contributed by atoms with Crippen molar-refractivity contribution in [3.05, 3.63) is 53.6 Å². The smallest absolute Gasteiger partial charge is 0.416 e. The van der Waals surface area contributed by atoms with Crippen LogP contribution in [0.15, 0.2) is 47.4 Å². The minimum Gasteiger partial charge on any atom is -0.496 e. The second-order valence-electron chi connectivity index (χ2n) is 6.45. The Morgan fingerprint density at radius 3 is 2.47 bits per heavy atom. The molecular formula is C19H19F3N2O5S. The summed E-state index contributed by atoms with van der Waals surface area (Å²) >= 11 is 0. The van der Waals surface area contributed by atoms with Crippen LogP contribution in [-0.4, -0.2) is 52.6 Å². The van der Waals surface area contributed by atoms with E-state index in [1.54, 1.807) is 0 Å². The first-order chi connectivity index (χ1) is 14.1. The van der Waals surface area contributed by atoms with E-state index in [9.17, 15) is 26.4 Å². The summed E-state index contributed by atoms with van der Waals surface area (Å²) in [6.45, 7) is 1.43. The standard InChI is InChI=1S/C19H19F3N2O5S/c1-28-17-6-5-15(12-16(17)18(25)24-7-9-29-10-8-24)30(26,27)23-14-4-2-3-13(11-14)19(20,21)22/h2-6,11-12,23H,7-10H2,1H3. The normalized spacial score (nSPS) is 15.0. The molecule has 0 spiro atoms. The molecule has 1 amide bonds. The molecule has 1 aliphatic heterocycles. The van der Waals surface area contributed by atoms with E-state index in [0.717, 1.165) is 18.2 Å². The Balaban J connectivity index is 1.92. The molecule has 3 rings (SSSR count). The van der Waals surface area contributed by atoms with E-state index in [1.807, 2.05) is 0 Å². The predicted molar refractivity (Wildman–Crippen MR) is 102 cm³/mol. The van der Waals surface area contributed by atoms with E-state index >= 15 is 0 Å². The molecular weight excluding hydrogens is 425 g/mol. The Morgan fingerprint density at radius 1 is 1.13 bits per heavy atom. The second-order valence-corrected chi connectivity index (χ2v) is 8.13. The van der Waals surface area contributed by atoms with Gasteiger partial charge in [0.1, 0.15) is 5.75 Å². The maximum Gasteiger partial charge on any atom is 0.416 e. The van der Waals surface area contributed by atoms with Gasteiger partial charge in [0.15, 0.2) is 0 Å². The van der Waals surface area contributed by atoms with Crippen LogP contribution in [-0.2, 0) is 20.9 Å². The fourth-order valence-corrected chi connectivity index (χ4v) is 4.01. The Labute approximate surface area is 171 Å². The molecule has 2 aromatic rings. The van der Waals surface area contributed by atoms with Gasteiger partial charge in [-0.25, -0.2) is 8.42 Å². The van der Waals surface area contributed by atoms with E-state index < -0.39 is 27.7 Å². The van der Waals surface area contributed by atoms with Gasteiger partial charge in [0, 0.05) is 18.8 Å². The number of carbonyl (C=O) groups is 1. The van der Waals surface area contributed by atoms with Crippen LogP contribution in [0.3, 0.4) is 0 Å². The highest BCUT2D eigenvalue weighted by Gasteiger charge is 2.31. The number of anilines is 1. The van der Waals surface area contributed by atoms with Gasteiger partial charge in [0.2, 0.25) is 0 Å². The Hall–Kier alpha value is -2.79. The molecule has 0 saturated carbocycles. The van der Waals surface area contributed by atoms with Gasteiger partial charge in [0.25, 0.3) is 15.9 Å². The van der Waals surface area contributed by atoms with Crippen LogP contribution in [0.4, 0.5) is 18.9 Å². The molecule has 0 aromatic heterocycles. The van der Waals surface area contributed by atoms with E-state index in [0.29, 0.717) is 32.4 Å². The lowest BCUT2D eigenvalue weighted by atomic mass is 10.1. The highest BCUT2D eigenvalue weighted by Crippen LogP contribution is 2.31. The Bertz CT molecular complexity index is 1030. The minimum atomic E-state index is -4.61. The number of sulfonamides is 1. The summed E-state index contributed by atoms with van der Waals surface area (Å²) in [4.78, 5) is 14.1. The largest absolute Gasteiger partial charge is 0.496 e. The van der Waals surface area contributed by atoms with Crippen molar-refractivity contribution in [2.45, 2.75) is 11.1 Å². The summed E-state index contributed by atoms with van der Waals surface area (Å²) in [6, 6.07) is 7.52. The molecule has 1 N–H and O–H groups in total. The van der Waals surface area contributed by atoms with Crippen molar-refractivity contribution in [3.8, 4) is 5.75 Å². The number of carbonyl (C=O) groups excluding carboxylic acids is 1. The number of hydrogen-bond donors (Lipinski definition) is 1. The first-order valence-corrected chi connectivity index (χ1v) is 10.4. The Morgan fingerprint density at radius 2 is 1.83 bits per heavy atom. The quantitative estimate of drug-likeness (QED) is 0.767. The summed E-state index contributed by atoms with van der Waals surface area (Å²) in [7, 11) is -2.91. The van der Waals surface area contributed by atoms with Crippen molar-refractivity contribution >= 4 is 21.6 Å². The summed E-state index contributed by atoms with van der Waals surface area (Å²) in [5.74, 6) is -0.240. The molecule has 1 saturated heterocycles. The number of nitrogens with one attached hydrogen (secondary N) is 1. The summed E-state index contributed by atoms with van der Waals surface area (Å²) in [5.41, 5.74) is -1.20. The van der Waals surface area contributed by atoms with Crippen molar-refractivity contribution in [2.75, 3.05) is 38.1 Å². The van der Waals surface area contributed by atoms with Crippen LogP contribution < -0.4 is 9.46 Å². The number of benzene rings is 2. The number of amides is 1. The lowest BCUT2D eigenvalue weighted by Gasteiger charge is -2.27. The van der Waals surface area contributed by atoms with Crippen molar-refractivity contribution in [1.82, 2.24) is 4.90 Å². The average molecular weight is 444 g/mol. The van der Waals surface area contributed by atoms with E-state index in [1.165, 1.54) is 30.2 Å². The monoisotopic (exact) mass is 444 g/mol. The first-order valence-electron chi connectivity index (χ1n) is 8.87. The van der Waals surface area contributed by atoms with Gasteiger partial charge in [0.05, 0.1) is 36.3 Å². The third kappa shape index (κ3) is 4.85. The van der Waals surface area contributed by atoms with Gasteiger partial charge in [-0.3, -0.25) is 9.52 Å². The maximum absolute atomic E-state index is 12.9. The highest BCUT2D eigenvalue weighted by molar-refractivity contribution is 7.92. The zero-order valence-corrected chi connectivity index (χ0v) is 16.7. The van der Waals surface area contributed by atoms with Gasteiger partial charge in [-0.2, -0.15) is 13.2 Å². The van der Waals surface area contributed by atoms with E-state index in [2.05, 4.69) is 4.72 Å². The number of alkyl halides is 3. The predicted octanol–water partition coefficient (Wildman–Crippen LogP) is 2.99. The number of methoxy groups -OCH3 is 1. The van der Waals surface area contributed by atoms with Crippen LogP contribution in [0.2, 0.25) is 0 Å². The van der Waals surface area contributed by atoms with Gasteiger partial charge < -0.3 is 14.4 Å². The van der Waals surface area contributed by atoms with Crippen LogP contribution in [0.1, 0.15) is 15.9 Å². The van der Waals surface area contributed by atoms with Gasteiger partial charge >= 0.3 is 6.18 Å². The lowest BCUT2D eigenvalue weighted by molar-refractivity contribution is -0.137. The molecule has 0 unspecified atom stereocenters. The van der Waals surface area contributed by atoms with Crippen LogP contribution in [0.5, 0.6) is 5.75 Å². The number of ether oxygens (including phenoxy) is 2. The fourth-order valence-electron chi connectivity index (χ4n) is 2.93. The second kappa shape index (κ2) is 8.52. The topological polar surface area (TPSA) is 84.9 Å². The highest BCUT2D eigenvalue weighted by atomic mass is 32.2. The molecule has 1 aliphatic rings. The molecule has 1 fully saturated rings. The zero-order valence-electron chi connectivity index (χ0n) is 15.9. The number of morpholine rings is 1. The molecule has 30 heavy (non-hydrogen) atoms. The molecule has 0 bridgehead atoms. The van der Waals surface area contributed by atoms with Crippen molar-refractivity contribution in [1.29, 1.82) is 0 Å². The Kier molecular flexibility index (Phi) is 6.22. The maximum atomic E-state index is 12.9. The molecule has 162 valence electrons. The molecule has 1 heterocycles. The first kappa shape index (κ1) is 21.9. The van der Waals surface area contributed by atoms with Crippen molar-refractivity contribution < 1.29 is 35.9 Å². The molecule has 0 radical (unpaired) electrons. The molecule has 0 aliphatic carbocycles. The van der Waals surface area contributed by atoms with Crippen LogP contribution >= 0.6 is 0 Å². The average Bonchev–Trinajstić information content (AvgIpc) is 2.72. The number of rotatable bonds is 5. The van der Waals surface area contributed by atoms with E-state index in [-0.39, 0.29) is 21.9 Å². The molecule has 11 heteroatoms. The molecule has 2 aromatic carbocycles. The van der Waals surface area contributed by atoms with Gasteiger partial charge in [-0.15, -0.1) is 0 Å². The summed E-state index contributed by atoms with van der Waals surface area (Å²) in [6.07, 6.45) is -4.61. The van der Waals surface area contributed by atoms with Gasteiger partial charge in [-0.1, -0.05) is 6.07 Å². The third-order valence-corrected chi connectivity index (χ3v) is 5.83. The lowest BCUT2D eigenvalue weighted by Crippen LogP contribution is -2.40.